The lowest BCUT2D eigenvalue weighted by Gasteiger charge is -2.09. The van der Waals surface area contributed by atoms with Crippen molar-refractivity contribution in [1.29, 1.82) is 0 Å². The van der Waals surface area contributed by atoms with Gasteiger partial charge in [0.15, 0.2) is 0 Å². The van der Waals surface area contributed by atoms with Gasteiger partial charge in [0.1, 0.15) is 17.2 Å². The first-order chi connectivity index (χ1) is 11.7. The molecule has 2 aromatic carbocycles. The topological polar surface area (TPSA) is 54.0 Å². The zero-order valence-electron chi connectivity index (χ0n) is 14.0. The molecule has 0 radical (unpaired) electrons. The second-order valence-electron chi connectivity index (χ2n) is 4.97. The molecule has 0 fully saturated rings. The van der Waals surface area contributed by atoms with Gasteiger partial charge in [-0.25, -0.2) is 4.79 Å². The maximum absolute atomic E-state index is 11.7. The van der Waals surface area contributed by atoms with E-state index in [0.29, 0.717) is 31.1 Å². The second kappa shape index (κ2) is 9.45. The average Bonchev–Trinajstić information content (AvgIpc) is 2.62. The van der Waals surface area contributed by atoms with E-state index < -0.39 is 0 Å². The van der Waals surface area contributed by atoms with Crippen LogP contribution >= 0.6 is 0 Å². The minimum Gasteiger partial charge on any atom is -0.497 e. The highest BCUT2D eigenvalue weighted by Crippen LogP contribution is 2.17. The van der Waals surface area contributed by atoms with Crippen molar-refractivity contribution in [2.24, 2.45) is 0 Å². The van der Waals surface area contributed by atoms with E-state index in [1.807, 2.05) is 30.3 Å². The van der Waals surface area contributed by atoms with Gasteiger partial charge in [0, 0.05) is 6.42 Å². The summed E-state index contributed by atoms with van der Waals surface area (Å²) in [5.74, 6) is 1.89. The number of rotatable bonds is 9. The summed E-state index contributed by atoms with van der Waals surface area (Å²) in [6.07, 6.45) is 0.732. The molecule has 0 atom stereocenters. The SMILES string of the molecule is CCOC(=O)c1cccc(OCCCOc2ccc(OC)cc2)c1. The van der Waals surface area contributed by atoms with E-state index in [1.54, 1.807) is 32.2 Å². The highest BCUT2D eigenvalue weighted by Gasteiger charge is 2.07. The Morgan fingerprint density at radius 2 is 1.58 bits per heavy atom. The van der Waals surface area contributed by atoms with Crippen LogP contribution in [0.4, 0.5) is 0 Å². The van der Waals surface area contributed by atoms with Crippen LogP contribution in [-0.4, -0.2) is 32.9 Å². The lowest BCUT2D eigenvalue weighted by atomic mass is 10.2. The maximum Gasteiger partial charge on any atom is 0.338 e. The molecule has 0 spiro atoms. The van der Waals surface area contributed by atoms with Gasteiger partial charge >= 0.3 is 5.97 Å². The lowest BCUT2D eigenvalue weighted by Crippen LogP contribution is -2.07. The van der Waals surface area contributed by atoms with Crippen molar-refractivity contribution in [3.63, 3.8) is 0 Å². The van der Waals surface area contributed by atoms with Gasteiger partial charge in [0.05, 0.1) is 32.5 Å². The third-order valence-electron chi connectivity index (χ3n) is 3.23. The first-order valence-corrected chi connectivity index (χ1v) is 7.89. The van der Waals surface area contributed by atoms with Gasteiger partial charge in [-0.3, -0.25) is 0 Å². The van der Waals surface area contributed by atoms with Crippen LogP contribution in [0.3, 0.4) is 0 Å². The molecule has 0 aliphatic heterocycles. The maximum atomic E-state index is 11.7. The fraction of sp³-hybridized carbons (Fsp3) is 0.316. The molecule has 0 unspecified atom stereocenters. The summed E-state index contributed by atoms with van der Waals surface area (Å²) in [5, 5.41) is 0. The number of benzene rings is 2. The van der Waals surface area contributed by atoms with E-state index in [-0.39, 0.29) is 5.97 Å². The normalized spacial score (nSPS) is 10.1. The fourth-order valence-corrected chi connectivity index (χ4v) is 2.04. The van der Waals surface area contributed by atoms with Gasteiger partial charge in [-0.15, -0.1) is 0 Å². The minimum absolute atomic E-state index is 0.342. The molecular weight excluding hydrogens is 308 g/mol. The second-order valence-corrected chi connectivity index (χ2v) is 4.97. The molecule has 0 N–H and O–H groups in total. The number of methoxy groups -OCH3 is 1. The Bertz CT molecular complexity index is 636. The van der Waals surface area contributed by atoms with Crippen molar-refractivity contribution in [3.8, 4) is 17.2 Å². The fourth-order valence-electron chi connectivity index (χ4n) is 2.04. The number of carbonyl (C=O) groups excluding carboxylic acids is 1. The Morgan fingerprint density at radius 1 is 0.917 bits per heavy atom. The highest BCUT2D eigenvalue weighted by molar-refractivity contribution is 5.89. The number of carbonyl (C=O) groups is 1. The van der Waals surface area contributed by atoms with Crippen molar-refractivity contribution >= 4 is 5.97 Å². The number of hydrogen-bond acceptors (Lipinski definition) is 5. The zero-order valence-corrected chi connectivity index (χ0v) is 14.0. The quantitative estimate of drug-likeness (QED) is 0.518. The molecule has 0 aliphatic rings. The molecule has 24 heavy (non-hydrogen) atoms. The zero-order chi connectivity index (χ0) is 17.2. The largest absolute Gasteiger partial charge is 0.497 e. The van der Waals surface area contributed by atoms with Gasteiger partial charge < -0.3 is 18.9 Å². The third-order valence-corrected chi connectivity index (χ3v) is 3.23. The first-order valence-electron chi connectivity index (χ1n) is 7.89. The van der Waals surface area contributed by atoms with Crippen LogP contribution in [0.25, 0.3) is 0 Å². The van der Waals surface area contributed by atoms with E-state index in [0.717, 1.165) is 17.9 Å². The van der Waals surface area contributed by atoms with Crippen molar-refractivity contribution in [2.75, 3.05) is 26.9 Å². The van der Waals surface area contributed by atoms with Crippen LogP contribution in [0.5, 0.6) is 17.2 Å². The molecule has 0 aromatic heterocycles. The molecule has 0 aliphatic carbocycles. The van der Waals surface area contributed by atoms with Gasteiger partial charge in [-0.2, -0.15) is 0 Å². The predicted octanol–water partition coefficient (Wildman–Crippen LogP) is 3.72. The molecular formula is C19H22O5. The molecule has 0 saturated heterocycles. The Labute approximate surface area is 142 Å². The monoisotopic (exact) mass is 330 g/mol. The van der Waals surface area contributed by atoms with Crippen LogP contribution in [0.1, 0.15) is 23.7 Å². The van der Waals surface area contributed by atoms with Gasteiger partial charge in [0.2, 0.25) is 0 Å². The van der Waals surface area contributed by atoms with E-state index >= 15 is 0 Å². The summed E-state index contributed by atoms with van der Waals surface area (Å²) < 4.78 is 21.3. The molecule has 5 nitrogen and oxygen atoms in total. The highest BCUT2D eigenvalue weighted by atomic mass is 16.5. The van der Waals surface area contributed by atoms with E-state index in [9.17, 15) is 4.79 Å². The average molecular weight is 330 g/mol. The molecule has 128 valence electrons. The number of esters is 1. The lowest BCUT2D eigenvalue weighted by molar-refractivity contribution is 0.0526. The smallest absolute Gasteiger partial charge is 0.338 e. The molecule has 0 heterocycles. The molecule has 0 saturated carbocycles. The molecule has 2 aromatic rings. The predicted molar refractivity (Wildman–Crippen MR) is 91.0 cm³/mol. The van der Waals surface area contributed by atoms with E-state index in [1.165, 1.54) is 0 Å². The third kappa shape index (κ3) is 5.50. The first kappa shape index (κ1) is 17.7. The van der Waals surface area contributed by atoms with Crippen LogP contribution in [0.15, 0.2) is 48.5 Å². The van der Waals surface area contributed by atoms with E-state index in [2.05, 4.69) is 0 Å². The van der Waals surface area contributed by atoms with Gasteiger partial charge in [0.25, 0.3) is 0 Å². The minimum atomic E-state index is -0.342. The standard InChI is InChI=1S/C19H22O5/c1-3-22-19(20)15-6-4-7-18(14-15)24-13-5-12-23-17-10-8-16(21-2)9-11-17/h4,6-11,14H,3,5,12-13H2,1-2H3. The van der Waals surface area contributed by atoms with Crippen molar-refractivity contribution in [3.05, 3.63) is 54.1 Å². The van der Waals surface area contributed by atoms with Crippen LogP contribution < -0.4 is 14.2 Å². The summed E-state index contributed by atoms with van der Waals surface area (Å²) in [4.78, 5) is 11.7. The van der Waals surface area contributed by atoms with Crippen molar-refractivity contribution < 1.29 is 23.7 Å². The van der Waals surface area contributed by atoms with E-state index in [4.69, 9.17) is 18.9 Å². The molecule has 0 bridgehead atoms. The summed E-state index contributed by atoms with van der Waals surface area (Å²) in [6, 6.07) is 14.4. The Balaban J connectivity index is 1.72. The number of ether oxygens (including phenoxy) is 4. The summed E-state index contributed by atoms with van der Waals surface area (Å²) in [7, 11) is 1.63. The van der Waals surface area contributed by atoms with Crippen LogP contribution in [0, 0.1) is 0 Å². The van der Waals surface area contributed by atoms with Gasteiger partial charge in [-0.1, -0.05) is 6.07 Å². The molecule has 5 heteroatoms. The Kier molecular flexibility index (Phi) is 6.95. The Morgan fingerprint density at radius 3 is 2.25 bits per heavy atom. The summed E-state index contributed by atoms with van der Waals surface area (Å²) >= 11 is 0. The van der Waals surface area contributed by atoms with Gasteiger partial charge in [-0.05, 0) is 49.4 Å². The molecule has 2 rings (SSSR count). The Hall–Kier alpha value is -2.69. The summed E-state index contributed by atoms with van der Waals surface area (Å²) in [6.45, 7) is 3.18. The number of hydrogen-bond donors (Lipinski definition) is 0. The van der Waals surface area contributed by atoms with Crippen molar-refractivity contribution in [2.45, 2.75) is 13.3 Å². The summed E-state index contributed by atoms with van der Waals surface area (Å²) in [5.41, 5.74) is 0.490. The van der Waals surface area contributed by atoms with Crippen LogP contribution in [-0.2, 0) is 4.74 Å². The van der Waals surface area contributed by atoms with Crippen molar-refractivity contribution in [1.82, 2.24) is 0 Å². The molecule has 0 amide bonds. The van der Waals surface area contributed by atoms with Crippen LogP contribution in [0.2, 0.25) is 0 Å².